The molecule has 0 aliphatic heterocycles. The fraction of sp³-hybridized carbons (Fsp3) is 0. The van der Waals surface area contributed by atoms with Crippen LogP contribution < -0.4 is 10.5 Å². The van der Waals surface area contributed by atoms with E-state index in [-0.39, 0.29) is 16.4 Å². The number of anilines is 2. The highest BCUT2D eigenvalue weighted by Gasteiger charge is 2.23. The summed E-state index contributed by atoms with van der Waals surface area (Å²) in [6.45, 7) is 0. The summed E-state index contributed by atoms with van der Waals surface area (Å²) >= 11 is 3.18. The molecule has 2 aromatic rings. The molecule has 7 nitrogen and oxygen atoms in total. The first kappa shape index (κ1) is 15.3. The number of carbonyl (C=O) groups is 1. The monoisotopic (exact) mass is 371 g/mol. The molecule has 0 bridgehead atoms. The Balaban J connectivity index is 2.44. The van der Waals surface area contributed by atoms with Crippen molar-refractivity contribution in [2.24, 2.45) is 0 Å². The smallest absolute Gasteiger partial charge is 0.337 e. The van der Waals surface area contributed by atoms with E-state index in [2.05, 4.69) is 25.6 Å². The first-order valence-corrected chi connectivity index (χ1v) is 7.84. The van der Waals surface area contributed by atoms with E-state index in [0.29, 0.717) is 4.47 Å². The Morgan fingerprint density at radius 1 is 1.29 bits per heavy atom. The maximum Gasteiger partial charge on any atom is 0.337 e. The Labute approximate surface area is 129 Å². The van der Waals surface area contributed by atoms with E-state index in [9.17, 15) is 13.2 Å². The van der Waals surface area contributed by atoms with Crippen molar-refractivity contribution >= 4 is 43.4 Å². The topological polar surface area (TPSA) is 122 Å². The van der Waals surface area contributed by atoms with E-state index in [1.807, 2.05) is 0 Å². The highest BCUT2D eigenvalue weighted by molar-refractivity contribution is 9.10. The molecule has 21 heavy (non-hydrogen) atoms. The van der Waals surface area contributed by atoms with Crippen molar-refractivity contribution in [3.05, 3.63) is 46.6 Å². The fourth-order valence-corrected chi connectivity index (χ4v) is 3.00. The molecule has 0 aliphatic rings. The zero-order chi connectivity index (χ0) is 15.6. The minimum Gasteiger partial charge on any atom is -0.478 e. The van der Waals surface area contributed by atoms with Crippen molar-refractivity contribution in [3.63, 3.8) is 0 Å². The zero-order valence-electron chi connectivity index (χ0n) is 10.4. The van der Waals surface area contributed by atoms with Gasteiger partial charge >= 0.3 is 5.97 Å². The second-order valence-electron chi connectivity index (χ2n) is 4.03. The van der Waals surface area contributed by atoms with Gasteiger partial charge in [0.2, 0.25) is 0 Å². The Hall–Kier alpha value is -2.13. The number of sulfonamides is 1. The molecule has 0 aliphatic carbocycles. The lowest BCUT2D eigenvalue weighted by Crippen LogP contribution is -2.17. The number of pyridine rings is 1. The number of aromatic carboxylic acids is 1. The normalized spacial score (nSPS) is 11.1. The highest BCUT2D eigenvalue weighted by atomic mass is 79.9. The van der Waals surface area contributed by atoms with Crippen molar-refractivity contribution in [1.29, 1.82) is 0 Å². The van der Waals surface area contributed by atoms with Crippen LogP contribution in [0, 0.1) is 0 Å². The predicted octanol–water partition coefficient (Wildman–Crippen LogP) is 1.93. The van der Waals surface area contributed by atoms with Gasteiger partial charge in [0.05, 0.1) is 5.56 Å². The van der Waals surface area contributed by atoms with Gasteiger partial charge in [-0.25, -0.2) is 18.2 Å². The van der Waals surface area contributed by atoms with Crippen LogP contribution in [0.1, 0.15) is 10.4 Å². The van der Waals surface area contributed by atoms with Crippen molar-refractivity contribution in [3.8, 4) is 0 Å². The Kier molecular flexibility index (Phi) is 4.14. The largest absolute Gasteiger partial charge is 0.478 e. The van der Waals surface area contributed by atoms with Gasteiger partial charge in [-0.3, -0.25) is 4.72 Å². The quantitative estimate of drug-likeness (QED) is 0.705. The van der Waals surface area contributed by atoms with E-state index in [1.54, 1.807) is 6.07 Å². The minimum atomic E-state index is -4.08. The molecule has 0 saturated carbocycles. The molecule has 0 atom stereocenters. The molecule has 0 amide bonds. The Morgan fingerprint density at radius 2 is 2.00 bits per heavy atom. The standard InChI is InChI=1S/C12H10BrN3O4S/c13-7-1-4-11(15-6-7)16-21(19,20)10-3-2-8(14)5-9(10)12(17)18/h1-6H,14H2,(H,15,16)(H,17,18). The summed E-state index contributed by atoms with van der Waals surface area (Å²) < 4.78 is 27.4. The number of nitrogens with zero attached hydrogens (tertiary/aromatic N) is 1. The van der Waals surface area contributed by atoms with Crippen LogP contribution >= 0.6 is 15.9 Å². The third-order valence-corrected chi connectivity index (χ3v) is 4.37. The van der Waals surface area contributed by atoms with Crippen molar-refractivity contribution in [2.75, 3.05) is 10.5 Å². The molecule has 4 N–H and O–H groups in total. The molecule has 1 aromatic heterocycles. The molecule has 110 valence electrons. The summed E-state index contributed by atoms with van der Waals surface area (Å²) in [7, 11) is -4.08. The van der Waals surface area contributed by atoms with E-state index < -0.39 is 21.6 Å². The molecule has 0 spiro atoms. The summed E-state index contributed by atoms with van der Waals surface area (Å²) in [6.07, 6.45) is 1.42. The zero-order valence-corrected chi connectivity index (χ0v) is 12.8. The van der Waals surface area contributed by atoms with E-state index in [0.717, 1.165) is 12.1 Å². The summed E-state index contributed by atoms with van der Waals surface area (Å²) in [4.78, 5) is 14.6. The maximum absolute atomic E-state index is 12.3. The van der Waals surface area contributed by atoms with Gasteiger partial charge in [0.1, 0.15) is 10.7 Å². The van der Waals surface area contributed by atoms with Crippen LogP contribution in [0.2, 0.25) is 0 Å². The molecular weight excluding hydrogens is 362 g/mol. The Bertz CT molecular complexity index is 791. The number of nitrogens with one attached hydrogen (secondary N) is 1. The second-order valence-corrected chi connectivity index (χ2v) is 6.59. The first-order chi connectivity index (χ1) is 9.79. The lowest BCUT2D eigenvalue weighted by molar-refractivity contribution is 0.0692. The van der Waals surface area contributed by atoms with E-state index >= 15 is 0 Å². The molecule has 2 rings (SSSR count). The number of rotatable bonds is 4. The Morgan fingerprint density at radius 3 is 2.57 bits per heavy atom. The molecule has 1 heterocycles. The summed E-state index contributed by atoms with van der Waals surface area (Å²) in [5, 5.41) is 9.09. The molecule has 0 unspecified atom stereocenters. The number of benzene rings is 1. The van der Waals surface area contributed by atoms with E-state index in [4.69, 9.17) is 10.8 Å². The van der Waals surface area contributed by atoms with Crippen LogP contribution in [0.25, 0.3) is 0 Å². The summed E-state index contributed by atoms with van der Waals surface area (Å²) in [5.74, 6) is -1.31. The van der Waals surface area contributed by atoms with E-state index in [1.165, 1.54) is 18.3 Å². The molecule has 0 fully saturated rings. The predicted molar refractivity (Wildman–Crippen MR) is 80.6 cm³/mol. The number of nitrogens with two attached hydrogens (primary N) is 1. The molecule has 1 aromatic carbocycles. The van der Waals surface area contributed by atoms with Gasteiger partial charge in [-0.05, 0) is 46.3 Å². The number of hydrogen-bond acceptors (Lipinski definition) is 5. The number of carboxylic acid groups (broad SMARTS) is 1. The fourth-order valence-electron chi connectivity index (χ4n) is 1.58. The second kappa shape index (κ2) is 5.70. The van der Waals surface area contributed by atoms with Gasteiger partial charge in [0.25, 0.3) is 10.0 Å². The van der Waals surface area contributed by atoms with Crippen LogP contribution in [-0.2, 0) is 10.0 Å². The number of carboxylic acids is 1. The number of aromatic nitrogens is 1. The number of nitrogen functional groups attached to an aromatic ring is 1. The van der Waals surface area contributed by atoms with Gasteiger partial charge in [-0.2, -0.15) is 0 Å². The van der Waals surface area contributed by atoms with Gasteiger partial charge in [-0.1, -0.05) is 0 Å². The first-order valence-electron chi connectivity index (χ1n) is 5.57. The molecule has 0 saturated heterocycles. The van der Waals surface area contributed by atoms with Crippen LogP contribution in [0.4, 0.5) is 11.5 Å². The van der Waals surface area contributed by atoms with Gasteiger partial charge in [0, 0.05) is 16.4 Å². The van der Waals surface area contributed by atoms with Crippen LogP contribution in [0.5, 0.6) is 0 Å². The number of hydrogen-bond donors (Lipinski definition) is 3. The molecule has 0 radical (unpaired) electrons. The van der Waals surface area contributed by atoms with Crippen molar-refractivity contribution < 1.29 is 18.3 Å². The minimum absolute atomic E-state index is 0.0753. The van der Waals surface area contributed by atoms with Crippen molar-refractivity contribution in [2.45, 2.75) is 4.90 Å². The highest BCUT2D eigenvalue weighted by Crippen LogP contribution is 2.22. The van der Waals surface area contributed by atoms with Crippen LogP contribution in [0.3, 0.4) is 0 Å². The third kappa shape index (κ3) is 3.50. The SMILES string of the molecule is Nc1ccc(S(=O)(=O)Nc2ccc(Br)cn2)c(C(=O)O)c1. The van der Waals surface area contributed by atoms with Gasteiger partial charge < -0.3 is 10.8 Å². The molecular formula is C12H10BrN3O4S. The average Bonchev–Trinajstić information content (AvgIpc) is 2.40. The summed E-state index contributed by atoms with van der Waals surface area (Å²) in [5.41, 5.74) is 5.24. The van der Waals surface area contributed by atoms with Crippen molar-refractivity contribution in [1.82, 2.24) is 4.98 Å². The summed E-state index contributed by atoms with van der Waals surface area (Å²) in [6, 6.07) is 6.59. The average molecular weight is 372 g/mol. The van der Waals surface area contributed by atoms with Gasteiger partial charge in [-0.15, -0.1) is 0 Å². The lowest BCUT2D eigenvalue weighted by atomic mass is 10.2. The third-order valence-electron chi connectivity index (χ3n) is 2.49. The number of halogens is 1. The lowest BCUT2D eigenvalue weighted by Gasteiger charge is -2.10. The molecule has 9 heteroatoms. The maximum atomic E-state index is 12.3. The van der Waals surface area contributed by atoms with Crippen LogP contribution in [0.15, 0.2) is 45.9 Å². The van der Waals surface area contributed by atoms with Gasteiger partial charge in [0.15, 0.2) is 0 Å². The van der Waals surface area contributed by atoms with Crippen LogP contribution in [-0.4, -0.2) is 24.5 Å².